The Bertz CT molecular complexity index is 519. The van der Waals surface area contributed by atoms with Gasteiger partial charge in [-0.2, -0.15) is 0 Å². The van der Waals surface area contributed by atoms with E-state index in [1.807, 2.05) is 0 Å². The number of nitrogens with one attached hydrogen (secondary N) is 1. The number of nitrogens with zero attached hydrogens (tertiary/aromatic N) is 1. The molecule has 0 spiro atoms. The van der Waals surface area contributed by atoms with E-state index in [1.165, 1.54) is 6.07 Å². The molecule has 1 aromatic rings. The Labute approximate surface area is 123 Å². The van der Waals surface area contributed by atoms with Gasteiger partial charge in [0.1, 0.15) is 0 Å². The van der Waals surface area contributed by atoms with Gasteiger partial charge in [0, 0.05) is 24.1 Å². The predicted octanol–water partition coefficient (Wildman–Crippen LogP) is 1.63. The lowest BCUT2D eigenvalue weighted by Gasteiger charge is -2.17. The summed E-state index contributed by atoms with van der Waals surface area (Å²) < 4.78 is 0. The van der Waals surface area contributed by atoms with Gasteiger partial charge in [0.2, 0.25) is 5.91 Å². The number of amides is 1. The zero-order chi connectivity index (χ0) is 15.2. The normalized spacial score (nSPS) is 21.2. The molecular formula is C15H21N3O3. The first-order chi connectivity index (χ1) is 10.1. The monoisotopic (exact) mass is 291 g/mol. The lowest BCUT2D eigenvalue weighted by atomic mass is 9.95. The molecule has 0 radical (unpaired) electrons. The van der Waals surface area contributed by atoms with Crippen molar-refractivity contribution in [3.8, 4) is 0 Å². The third-order valence-corrected chi connectivity index (χ3v) is 4.18. The van der Waals surface area contributed by atoms with Crippen molar-refractivity contribution in [1.82, 2.24) is 5.32 Å². The van der Waals surface area contributed by atoms with Crippen LogP contribution in [0.1, 0.15) is 24.8 Å². The van der Waals surface area contributed by atoms with Crippen LogP contribution in [0.15, 0.2) is 24.3 Å². The molecule has 21 heavy (non-hydrogen) atoms. The zero-order valence-electron chi connectivity index (χ0n) is 12.0. The van der Waals surface area contributed by atoms with Gasteiger partial charge < -0.3 is 11.1 Å². The van der Waals surface area contributed by atoms with E-state index >= 15 is 0 Å². The minimum atomic E-state index is -0.390. The van der Waals surface area contributed by atoms with E-state index in [9.17, 15) is 14.9 Å². The van der Waals surface area contributed by atoms with Crippen molar-refractivity contribution in [2.45, 2.75) is 25.7 Å². The first-order valence-corrected chi connectivity index (χ1v) is 7.33. The smallest absolute Gasteiger partial charge is 0.272 e. The number of nitro benzene ring substituents is 1. The molecule has 0 saturated heterocycles. The van der Waals surface area contributed by atoms with E-state index in [0.29, 0.717) is 25.1 Å². The Morgan fingerprint density at radius 3 is 2.86 bits per heavy atom. The Morgan fingerprint density at radius 1 is 1.38 bits per heavy atom. The highest BCUT2D eigenvalue weighted by Crippen LogP contribution is 2.30. The van der Waals surface area contributed by atoms with Gasteiger partial charge in [-0.25, -0.2) is 0 Å². The Hall–Kier alpha value is -1.95. The largest absolute Gasteiger partial charge is 0.356 e. The molecule has 6 heteroatoms. The molecular weight excluding hydrogens is 270 g/mol. The fourth-order valence-electron chi connectivity index (χ4n) is 3.02. The molecule has 1 fully saturated rings. The van der Waals surface area contributed by atoms with Crippen molar-refractivity contribution in [1.29, 1.82) is 0 Å². The van der Waals surface area contributed by atoms with E-state index in [2.05, 4.69) is 5.32 Å². The van der Waals surface area contributed by atoms with E-state index in [-0.39, 0.29) is 23.4 Å². The van der Waals surface area contributed by atoms with Crippen LogP contribution in [0.4, 0.5) is 5.69 Å². The molecule has 114 valence electrons. The number of nitro groups is 1. The van der Waals surface area contributed by atoms with E-state index in [4.69, 9.17) is 5.73 Å². The number of carbonyl (C=O) groups excluding carboxylic acids is 1. The first-order valence-electron chi connectivity index (χ1n) is 7.33. The molecule has 0 aromatic heterocycles. The second-order valence-electron chi connectivity index (χ2n) is 5.46. The molecule has 1 aromatic carbocycles. The Morgan fingerprint density at radius 2 is 2.14 bits per heavy atom. The van der Waals surface area contributed by atoms with Crippen molar-refractivity contribution in [2.75, 3.05) is 13.1 Å². The number of nitrogens with two attached hydrogens (primary N) is 1. The lowest BCUT2D eigenvalue weighted by molar-refractivity contribution is -0.385. The topological polar surface area (TPSA) is 98.3 Å². The molecule has 1 aliphatic rings. The summed E-state index contributed by atoms with van der Waals surface area (Å²) in [5.74, 6) is 0.304. The van der Waals surface area contributed by atoms with Crippen LogP contribution in [0.2, 0.25) is 0 Å². The van der Waals surface area contributed by atoms with Crippen molar-refractivity contribution in [2.24, 2.45) is 17.6 Å². The van der Waals surface area contributed by atoms with E-state index in [1.54, 1.807) is 18.2 Å². The number of para-hydroxylation sites is 1. The summed E-state index contributed by atoms with van der Waals surface area (Å²) in [5.41, 5.74) is 6.43. The van der Waals surface area contributed by atoms with Crippen molar-refractivity contribution < 1.29 is 9.72 Å². The molecule has 0 unspecified atom stereocenters. The first kappa shape index (κ1) is 15.4. The van der Waals surface area contributed by atoms with Crippen LogP contribution in [-0.2, 0) is 11.2 Å². The third-order valence-electron chi connectivity index (χ3n) is 4.18. The molecule has 2 rings (SSSR count). The number of carbonyl (C=O) groups is 1. The van der Waals surface area contributed by atoms with Gasteiger partial charge in [0.15, 0.2) is 0 Å². The van der Waals surface area contributed by atoms with Gasteiger partial charge in [-0.3, -0.25) is 14.9 Å². The number of hydrogen-bond donors (Lipinski definition) is 2. The average molecular weight is 291 g/mol. The van der Waals surface area contributed by atoms with E-state index in [0.717, 1.165) is 19.3 Å². The number of benzene rings is 1. The summed E-state index contributed by atoms with van der Waals surface area (Å²) in [6, 6.07) is 6.62. The van der Waals surface area contributed by atoms with Crippen LogP contribution in [0.5, 0.6) is 0 Å². The molecule has 1 aliphatic carbocycles. The molecule has 3 N–H and O–H groups in total. The van der Waals surface area contributed by atoms with Crippen LogP contribution in [0.3, 0.4) is 0 Å². The molecule has 0 aliphatic heterocycles. The highest BCUT2D eigenvalue weighted by atomic mass is 16.6. The summed E-state index contributed by atoms with van der Waals surface area (Å²) >= 11 is 0. The maximum absolute atomic E-state index is 12.1. The molecule has 1 saturated carbocycles. The van der Waals surface area contributed by atoms with Crippen LogP contribution < -0.4 is 11.1 Å². The lowest BCUT2D eigenvalue weighted by Crippen LogP contribution is -2.36. The highest BCUT2D eigenvalue weighted by molar-refractivity contribution is 5.79. The predicted molar refractivity (Wildman–Crippen MR) is 79.7 cm³/mol. The van der Waals surface area contributed by atoms with Gasteiger partial charge in [-0.1, -0.05) is 24.6 Å². The Kier molecular flexibility index (Phi) is 5.27. The van der Waals surface area contributed by atoms with Gasteiger partial charge >= 0.3 is 0 Å². The van der Waals surface area contributed by atoms with Gasteiger partial charge in [0.25, 0.3) is 5.69 Å². The maximum atomic E-state index is 12.1. The summed E-state index contributed by atoms with van der Waals surface area (Å²) in [7, 11) is 0. The fraction of sp³-hybridized carbons (Fsp3) is 0.533. The van der Waals surface area contributed by atoms with Crippen LogP contribution in [0.25, 0.3) is 0 Å². The standard InChI is InChI=1S/C15H21N3O3/c16-10-12-5-3-6-13(12)15(19)17-9-8-11-4-1-2-7-14(11)18(20)21/h1-2,4,7,12-13H,3,5-6,8-10,16H2,(H,17,19)/t12-,13-/m1/s1. The minimum absolute atomic E-state index is 0.000703. The number of hydrogen-bond acceptors (Lipinski definition) is 4. The quantitative estimate of drug-likeness (QED) is 0.614. The van der Waals surface area contributed by atoms with Gasteiger partial charge in [-0.15, -0.1) is 0 Å². The molecule has 6 nitrogen and oxygen atoms in total. The SMILES string of the molecule is NC[C@H]1CCC[C@H]1C(=O)NCCc1ccccc1[N+](=O)[O-]. The second-order valence-corrected chi connectivity index (χ2v) is 5.46. The third kappa shape index (κ3) is 3.78. The fourth-order valence-corrected chi connectivity index (χ4v) is 3.02. The van der Waals surface area contributed by atoms with Gasteiger partial charge in [0.05, 0.1) is 4.92 Å². The minimum Gasteiger partial charge on any atom is -0.356 e. The average Bonchev–Trinajstić information content (AvgIpc) is 2.96. The number of rotatable bonds is 6. The summed E-state index contributed by atoms with van der Waals surface area (Å²) in [5, 5.41) is 13.8. The van der Waals surface area contributed by atoms with Crippen molar-refractivity contribution in [3.05, 3.63) is 39.9 Å². The van der Waals surface area contributed by atoms with Gasteiger partial charge in [-0.05, 0) is 31.7 Å². The van der Waals surface area contributed by atoms with E-state index < -0.39 is 4.92 Å². The molecule has 0 heterocycles. The van der Waals surface area contributed by atoms with Crippen LogP contribution >= 0.6 is 0 Å². The Balaban J connectivity index is 1.87. The van der Waals surface area contributed by atoms with Crippen LogP contribution in [0, 0.1) is 22.0 Å². The molecule has 2 atom stereocenters. The summed E-state index contributed by atoms with van der Waals surface area (Å²) in [6.07, 6.45) is 3.41. The second kappa shape index (κ2) is 7.17. The zero-order valence-corrected chi connectivity index (χ0v) is 12.0. The van der Waals surface area contributed by atoms with Crippen molar-refractivity contribution >= 4 is 11.6 Å². The molecule has 0 bridgehead atoms. The highest BCUT2D eigenvalue weighted by Gasteiger charge is 2.31. The molecule has 1 amide bonds. The maximum Gasteiger partial charge on any atom is 0.272 e. The summed E-state index contributed by atoms with van der Waals surface area (Å²) in [6.45, 7) is 0.958. The van der Waals surface area contributed by atoms with Crippen molar-refractivity contribution in [3.63, 3.8) is 0 Å². The summed E-state index contributed by atoms with van der Waals surface area (Å²) in [4.78, 5) is 22.6. The van der Waals surface area contributed by atoms with Crippen LogP contribution in [-0.4, -0.2) is 23.9 Å².